The lowest BCUT2D eigenvalue weighted by Gasteiger charge is -2.07. The number of rotatable bonds is 4. The van der Waals surface area contributed by atoms with Crippen LogP contribution in [-0.4, -0.2) is 5.78 Å². The summed E-state index contributed by atoms with van der Waals surface area (Å²) in [5.41, 5.74) is 3.10. The van der Waals surface area contributed by atoms with Crippen molar-refractivity contribution in [2.75, 3.05) is 0 Å². The standard InChI is InChI=1S/C16H14Cl2O/c1-11(19)5-6-12-7-9-13(10-8-12)14-3-2-4-15(17)16(14)18/h2-4,7-10H,5-6H2,1H3. The normalized spacial score (nSPS) is 10.5. The SMILES string of the molecule is CC(=O)CCc1ccc(-c2cccc(Cl)c2Cl)cc1. The van der Waals surface area contributed by atoms with E-state index in [1.165, 1.54) is 0 Å². The van der Waals surface area contributed by atoms with Crippen LogP contribution in [0.25, 0.3) is 11.1 Å². The van der Waals surface area contributed by atoms with Crippen LogP contribution in [0, 0.1) is 0 Å². The van der Waals surface area contributed by atoms with Crippen molar-refractivity contribution in [3.8, 4) is 11.1 Å². The van der Waals surface area contributed by atoms with E-state index >= 15 is 0 Å². The van der Waals surface area contributed by atoms with Crippen LogP contribution in [0.4, 0.5) is 0 Å². The number of Topliss-reactive ketones (excluding diaryl/α,β-unsaturated/α-hetero) is 1. The average Bonchev–Trinajstić information content (AvgIpc) is 2.40. The molecule has 2 aromatic rings. The first-order valence-corrected chi connectivity index (χ1v) is 6.86. The Labute approximate surface area is 123 Å². The van der Waals surface area contributed by atoms with Gasteiger partial charge in [-0.25, -0.2) is 0 Å². The minimum absolute atomic E-state index is 0.210. The van der Waals surface area contributed by atoms with Gasteiger partial charge in [-0.15, -0.1) is 0 Å². The molecule has 2 aromatic carbocycles. The van der Waals surface area contributed by atoms with E-state index < -0.39 is 0 Å². The maximum atomic E-state index is 11.0. The molecule has 0 atom stereocenters. The van der Waals surface area contributed by atoms with Gasteiger partial charge in [0.15, 0.2) is 0 Å². The van der Waals surface area contributed by atoms with Crippen molar-refractivity contribution in [2.45, 2.75) is 19.8 Å². The van der Waals surface area contributed by atoms with Crippen molar-refractivity contribution in [2.24, 2.45) is 0 Å². The van der Waals surface area contributed by atoms with Crippen LogP contribution in [0.5, 0.6) is 0 Å². The van der Waals surface area contributed by atoms with Crippen LogP contribution >= 0.6 is 23.2 Å². The predicted octanol–water partition coefficient (Wildman–Crippen LogP) is 5.18. The third kappa shape index (κ3) is 3.59. The summed E-state index contributed by atoms with van der Waals surface area (Å²) in [5.74, 6) is 0.210. The highest BCUT2D eigenvalue weighted by Gasteiger charge is 2.06. The van der Waals surface area contributed by atoms with E-state index in [4.69, 9.17) is 23.2 Å². The van der Waals surface area contributed by atoms with Crippen LogP contribution in [-0.2, 0) is 11.2 Å². The highest BCUT2D eigenvalue weighted by molar-refractivity contribution is 6.43. The molecule has 0 saturated heterocycles. The topological polar surface area (TPSA) is 17.1 Å². The van der Waals surface area contributed by atoms with E-state index in [0.29, 0.717) is 16.5 Å². The molecule has 0 heterocycles. The molecule has 0 radical (unpaired) electrons. The van der Waals surface area contributed by atoms with Gasteiger partial charge in [0, 0.05) is 12.0 Å². The zero-order chi connectivity index (χ0) is 13.8. The van der Waals surface area contributed by atoms with Crippen molar-refractivity contribution in [3.63, 3.8) is 0 Å². The number of benzene rings is 2. The lowest BCUT2D eigenvalue weighted by molar-refractivity contribution is -0.116. The summed E-state index contributed by atoms with van der Waals surface area (Å²) in [6.45, 7) is 1.61. The van der Waals surface area contributed by atoms with Crippen LogP contribution in [0.1, 0.15) is 18.9 Å². The molecule has 98 valence electrons. The Hall–Kier alpha value is -1.31. The van der Waals surface area contributed by atoms with E-state index in [9.17, 15) is 4.79 Å². The number of carbonyl (C=O) groups is 1. The lowest BCUT2D eigenvalue weighted by Crippen LogP contribution is -1.93. The monoisotopic (exact) mass is 292 g/mol. The zero-order valence-corrected chi connectivity index (χ0v) is 12.1. The van der Waals surface area contributed by atoms with Gasteiger partial charge in [-0.05, 0) is 30.5 Å². The van der Waals surface area contributed by atoms with Gasteiger partial charge in [0.25, 0.3) is 0 Å². The van der Waals surface area contributed by atoms with Crippen LogP contribution in [0.2, 0.25) is 10.0 Å². The molecule has 3 heteroatoms. The van der Waals surface area contributed by atoms with Gasteiger partial charge in [-0.2, -0.15) is 0 Å². The van der Waals surface area contributed by atoms with Gasteiger partial charge in [0.1, 0.15) is 5.78 Å². The fourth-order valence-corrected chi connectivity index (χ4v) is 2.31. The van der Waals surface area contributed by atoms with E-state index in [2.05, 4.69) is 0 Å². The molecular weight excluding hydrogens is 279 g/mol. The molecule has 19 heavy (non-hydrogen) atoms. The highest BCUT2D eigenvalue weighted by Crippen LogP contribution is 2.33. The molecule has 0 amide bonds. The predicted molar refractivity (Wildman–Crippen MR) is 80.9 cm³/mol. The lowest BCUT2D eigenvalue weighted by atomic mass is 10.0. The van der Waals surface area contributed by atoms with Gasteiger partial charge in [0.2, 0.25) is 0 Å². The first-order valence-electron chi connectivity index (χ1n) is 6.10. The van der Waals surface area contributed by atoms with Crippen molar-refractivity contribution in [1.82, 2.24) is 0 Å². The Morgan fingerprint density at radius 3 is 2.37 bits per heavy atom. The smallest absolute Gasteiger partial charge is 0.130 e. The third-order valence-corrected chi connectivity index (χ3v) is 3.80. The highest BCUT2D eigenvalue weighted by atomic mass is 35.5. The molecule has 0 N–H and O–H groups in total. The molecule has 1 nitrogen and oxygen atoms in total. The second-order valence-electron chi connectivity index (χ2n) is 4.50. The third-order valence-electron chi connectivity index (χ3n) is 2.98. The van der Waals surface area contributed by atoms with Crippen LogP contribution < -0.4 is 0 Å². The second kappa shape index (κ2) is 6.23. The number of halogens is 2. The van der Waals surface area contributed by atoms with Crippen molar-refractivity contribution < 1.29 is 4.79 Å². The second-order valence-corrected chi connectivity index (χ2v) is 5.29. The number of hydrogen-bond donors (Lipinski definition) is 0. The Kier molecular flexibility index (Phi) is 4.62. The zero-order valence-electron chi connectivity index (χ0n) is 10.6. The average molecular weight is 293 g/mol. The Bertz CT molecular complexity index is 588. The summed E-state index contributed by atoms with van der Waals surface area (Å²) in [6, 6.07) is 13.7. The molecule has 0 fully saturated rings. The Morgan fingerprint density at radius 1 is 1.05 bits per heavy atom. The fourth-order valence-electron chi connectivity index (χ4n) is 1.90. The van der Waals surface area contributed by atoms with E-state index in [1.807, 2.05) is 36.4 Å². The fraction of sp³-hybridized carbons (Fsp3) is 0.188. The molecule has 0 unspecified atom stereocenters. The molecule has 2 rings (SSSR count). The van der Waals surface area contributed by atoms with Gasteiger partial charge in [-0.3, -0.25) is 0 Å². The van der Waals surface area contributed by atoms with E-state index in [1.54, 1.807) is 13.0 Å². The molecule has 0 saturated carbocycles. The maximum Gasteiger partial charge on any atom is 0.130 e. The Balaban J connectivity index is 2.22. The van der Waals surface area contributed by atoms with Gasteiger partial charge < -0.3 is 4.79 Å². The van der Waals surface area contributed by atoms with Crippen molar-refractivity contribution >= 4 is 29.0 Å². The first-order chi connectivity index (χ1) is 9.08. The van der Waals surface area contributed by atoms with Crippen molar-refractivity contribution in [3.05, 3.63) is 58.1 Å². The molecule has 0 aliphatic rings. The first kappa shape index (κ1) is 14.1. The summed E-state index contributed by atoms with van der Waals surface area (Å²) < 4.78 is 0. The maximum absolute atomic E-state index is 11.0. The number of aryl methyl sites for hydroxylation is 1. The van der Waals surface area contributed by atoms with Crippen LogP contribution in [0.3, 0.4) is 0 Å². The molecule has 0 aliphatic heterocycles. The van der Waals surface area contributed by atoms with E-state index in [-0.39, 0.29) is 5.78 Å². The van der Waals surface area contributed by atoms with Crippen molar-refractivity contribution in [1.29, 1.82) is 0 Å². The molecule has 0 bridgehead atoms. The minimum Gasteiger partial charge on any atom is -0.300 e. The van der Waals surface area contributed by atoms with Gasteiger partial charge in [-0.1, -0.05) is 59.6 Å². The number of carbonyl (C=O) groups excluding carboxylic acids is 1. The van der Waals surface area contributed by atoms with E-state index in [0.717, 1.165) is 23.1 Å². The molecule has 0 aromatic heterocycles. The molecule has 0 spiro atoms. The van der Waals surface area contributed by atoms with Gasteiger partial charge in [0.05, 0.1) is 10.0 Å². The number of ketones is 1. The quantitative estimate of drug-likeness (QED) is 0.759. The molecule has 0 aliphatic carbocycles. The Morgan fingerprint density at radius 2 is 1.74 bits per heavy atom. The molecular formula is C16H14Cl2O. The number of hydrogen-bond acceptors (Lipinski definition) is 1. The summed E-state index contributed by atoms with van der Waals surface area (Å²) in [6.07, 6.45) is 1.36. The summed E-state index contributed by atoms with van der Waals surface area (Å²) in [7, 11) is 0. The summed E-state index contributed by atoms with van der Waals surface area (Å²) in [5, 5.41) is 1.13. The largest absolute Gasteiger partial charge is 0.300 e. The minimum atomic E-state index is 0.210. The summed E-state index contributed by atoms with van der Waals surface area (Å²) >= 11 is 12.2. The van der Waals surface area contributed by atoms with Crippen LogP contribution in [0.15, 0.2) is 42.5 Å². The summed E-state index contributed by atoms with van der Waals surface area (Å²) in [4.78, 5) is 11.0. The van der Waals surface area contributed by atoms with Gasteiger partial charge >= 0.3 is 0 Å².